The number of furan rings is 1. The van der Waals surface area contributed by atoms with Crippen LogP contribution in [-0.4, -0.2) is 10.8 Å². The molecule has 0 aliphatic heterocycles. The van der Waals surface area contributed by atoms with E-state index in [1.165, 1.54) is 0 Å². The summed E-state index contributed by atoms with van der Waals surface area (Å²) in [7, 11) is 0. The van der Waals surface area contributed by atoms with Crippen molar-refractivity contribution in [1.82, 2.24) is 4.98 Å². The molecule has 0 aromatic carbocycles. The SMILES string of the molecule is Cc1ccc(C(=O)c2cc(C)c(C)o2)nc1. The number of aromatic nitrogens is 1. The van der Waals surface area contributed by atoms with E-state index in [0.717, 1.165) is 16.9 Å². The number of carbonyl (C=O) groups is 1. The minimum absolute atomic E-state index is 0.170. The quantitative estimate of drug-likeness (QED) is 0.723. The van der Waals surface area contributed by atoms with Crippen molar-refractivity contribution < 1.29 is 9.21 Å². The maximum Gasteiger partial charge on any atom is 0.246 e. The fraction of sp³-hybridized carbons (Fsp3) is 0.231. The highest BCUT2D eigenvalue weighted by Gasteiger charge is 2.15. The van der Waals surface area contributed by atoms with Crippen molar-refractivity contribution >= 4 is 5.78 Å². The molecule has 0 aliphatic carbocycles. The lowest BCUT2D eigenvalue weighted by Gasteiger charge is -1.97. The standard InChI is InChI=1S/C13H13NO2/c1-8-4-5-11(14-7-8)13(15)12-6-9(2)10(3)16-12/h4-7H,1-3H3. The second-order valence-electron chi connectivity index (χ2n) is 3.90. The Bertz CT molecular complexity index is 504. The number of rotatable bonds is 2. The molecule has 0 aliphatic rings. The Hall–Kier alpha value is -1.90. The number of carbonyl (C=O) groups excluding carboxylic acids is 1. The molecule has 3 heteroatoms. The lowest BCUT2D eigenvalue weighted by atomic mass is 10.2. The molecule has 0 bridgehead atoms. The number of aryl methyl sites for hydroxylation is 3. The van der Waals surface area contributed by atoms with E-state index in [4.69, 9.17) is 4.42 Å². The van der Waals surface area contributed by atoms with Crippen molar-refractivity contribution in [2.45, 2.75) is 20.8 Å². The number of nitrogens with zero attached hydrogens (tertiary/aromatic N) is 1. The molecule has 3 nitrogen and oxygen atoms in total. The lowest BCUT2D eigenvalue weighted by molar-refractivity contribution is 0.100. The van der Waals surface area contributed by atoms with E-state index in [0.29, 0.717) is 11.5 Å². The van der Waals surface area contributed by atoms with Crippen LogP contribution < -0.4 is 0 Å². The summed E-state index contributed by atoms with van der Waals surface area (Å²) in [5, 5.41) is 0. The van der Waals surface area contributed by atoms with Crippen molar-refractivity contribution in [3.63, 3.8) is 0 Å². The van der Waals surface area contributed by atoms with Gasteiger partial charge in [-0.3, -0.25) is 9.78 Å². The van der Waals surface area contributed by atoms with Crippen molar-refractivity contribution in [3.8, 4) is 0 Å². The van der Waals surface area contributed by atoms with E-state index in [1.807, 2.05) is 26.8 Å². The summed E-state index contributed by atoms with van der Waals surface area (Å²) >= 11 is 0. The molecule has 2 aromatic heterocycles. The maximum atomic E-state index is 12.0. The molecule has 0 saturated carbocycles. The summed E-state index contributed by atoms with van der Waals surface area (Å²) in [6, 6.07) is 5.33. The van der Waals surface area contributed by atoms with Gasteiger partial charge < -0.3 is 4.42 Å². The van der Waals surface area contributed by atoms with E-state index in [1.54, 1.807) is 18.3 Å². The Morgan fingerprint density at radius 1 is 1.25 bits per heavy atom. The minimum Gasteiger partial charge on any atom is -0.458 e. The van der Waals surface area contributed by atoms with E-state index in [-0.39, 0.29) is 5.78 Å². The van der Waals surface area contributed by atoms with Gasteiger partial charge in [0.1, 0.15) is 11.5 Å². The molecule has 16 heavy (non-hydrogen) atoms. The van der Waals surface area contributed by atoms with E-state index in [9.17, 15) is 4.79 Å². The Kier molecular flexibility index (Phi) is 2.60. The van der Waals surface area contributed by atoms with Gasteiger partial charge in [0.05, 0.1) is 0 Å². The van der Waals surface area contributed by atoms with Crippen LogP contribution in [-0.2, 0) is 0 Å². The van der Waals surface area contributed by atoms with Gasteiger partial charge in [-0.2, -0.15) is 0 Å². The highest BCUT2D eigenvalue weighted by Crippen LogP contribution is 2.16. The van der Waals surface area contributed by atoms with E-state index in [2.05, 4.69) is 4.98 Å². The van der Waals surface area contributed by atoms with Crippen molar-refractivity contribution in [1.29, 1.82) is 0 Å². The third kappa shape index (κ3) is 1.89. The third-order valence-corrected chi connectivity index (χ3v) is 2.53. The van der Waals surface area contributed by atoms with E-state index < -0.39 is 0 Å². The van der Waals surface area contributed by atoms with Crippen LogP contribution in [0.15, 0.2) is 28.8 Å². The predicted molar refractivity (Wildman–Crippen MR) is 60.6 cm³/mol. The first-order valence-corrected chi connectivity index (χ1v) is 5.12. The van der Waals surface area contributed by atoms with Crippen LogP contribution in [0.5, 0.6) is 0 Å². The zero-order valence-corrected chi connectivity index (χ0v) is 9.57. The summed E-state index contributed by atoms with van der Waals surface area (Å²) in [5.74, 6) is 0.956. The molecule has 0 atom stereocenters. The molecule has 0 unspecified atom stereocenters. The number of hydrogen-bond donors (Lipinski definition) is 0. The van der Waals surface area contributed by atoms with Crippen LogP contribution in [0.3, 0.4) is 0 Å². The average Bonchev–Trinajstić information content (AvgIpc) is 2.59. The molecule has 0 N–H and O–H groups in total. The largest absolute Gasteiger partial charge is 0.458 e. The summed E-state index contributed by atoms with van der Waals surface area (Å²) in [6.07, 6.45) is 1.68. The topological polar surface area (TPSA) is 43.1 Å². The molecule has 0 spiro atoms. The highest BCUT2D eigenvalue weighted by atomic mass is 16.3. The molecule has 2 rings (SSSR count). The van der Waals surface area contributed by atoms with Gasteiger partial charge in [0.25, 0.3) is 0 Å². The molecule has 0 saturated heterocycles. The van der Waals surface area contributed by atoms with Gasteiger partial charge in [-0.25, -0.2) is 0 Å². The monoisotopic (exact) mass is 215 g/mol. The molecule has 82 valence electrons. The highest BCUT2D eigenvalue weighted by molar-refractivity contribution is 6.05. The Balaban J connectivity index is 2.35. The zero-order valence-electron chi connectivity index (χ0n) is 9.57. The summed E-state index contributed by atoms with van der Waals surface area (Å²) in [5.41, 5.74) is 2.43. The lowest BCUT2D eigenvalue weighted by Crippen LogP contribution is -2.02. The van der Waals surface area contributed by atoms with Crippen molar-refractivity contribution in [3.05, 3.63) is 52.7 Å². The molecule has 0 amide bonds. The normalized spacial score (nSPS) is 10.4. The van der Waals surface area contributed by atoms with Gasteiger partial charge in [0.2, 0.25) is 5.78 Å². The molecule has 2 aromatic rings. The fourth-order valence-corrected chi connectivity index (χ4v) is 1.41. The van der Waals surface area contributed by atoms with Crippen LogP contribution >= 0.6 is 0 Å². The van der Waals surface area contributed by atoms with Crippen LogP contribution in [0.4, 0.5) is 0 Å². The predicted octanol–water partition coefficient (Wildman–Crippen LogP) is 2.83. The van der Waals surface area contributed by atoms with Crippen LogP contribution in [0, 0.1) is 20.8 Å². The van der Waals surface area contributed by atoms with E-state index >= 15 is 0 Å². The first kappa shape index (κ1) is 10.6. The number of pyridine rings is 1. The first-order valence-electron chi connectivity index (χ1n) is 5.12. The Labute approximate surface area is 94.1 Å². The summed E-state index contributed by atoms with van der Waals surface area (Å²) in [4.78, 5) is 16.1. The zero-order chi connectivity index (χ0) is 11.7. The molecule has 2 heterocycles. The molecule has 0 radical (unpaired) electrons. The second-order valence-corrected chi connectivity index (χ2v) is 3.90. The Morgan fingerprint density at radius 3 is 2.50 bits per heavy atom. The maximum absolute atomic E-state index is 12.0. The van der Waals surface area contributed by atoms with Gasteiger partial charge in [-0.05, 0) is 44.0 Å². The van der Waals surface area contributed by atoms with Crippen LogP contribution in [0.2, 0.25) is 0 Å². The summed E-state index contributed by atoms with van der Waals surface area (Å²) < 4.78 is 5.37. The Morgan fingerprint density at radius 2 is 2.00 bits per heavy atom. The van der Waals surface area contributed by atoms with Crippen molar-refractivity contribution in [2.24, 2.45) is 0 Å². The van der Waals surface area contributed by atoms with Gasteiger partial charge in [-0.1, -0.05) is 6.07 Å². The van der Waals surface area contributed by atoms with Gasteiger partial charge in [-0.15, -0.1) is 0 Å². The number of ketones is 1. The van der Waals surface area contributed by atoms with Gasteiger partial charge in [0, 0.05) is 6.20 Å². The smallest absolute Gasteiger partial charge is 0.246 e. The third-order valence-electron chi connectivity index (χ3n) is 2.53. The molecular formula is C13H13NO2. The molecule has 0 fully saturated rings. The average molecular weight is 215 g/mol. The van der Waals surface area contributed by atoms with Crippen molar-refractivity contribution in [2.75, 3.05) is 0 Å². The fourth-order valence-electron chi connectivity index (χ4n) is 1.41. The van der Waals surface area contributed by atoms with Crippen LogP contribution in [0.1, 0.15) is 33.1 Å². The minimum atomic E-state index is -0.170. The summed E-state index contributed by atoms with van der Waals surface area (Å²) in [6.45, 7) is 5.69. The molecular weight excluding hydrogens is 202 g/mol. The van der Waals surface area contributed by atoms with Gasteiger partial charge >= 0.3 is 0 Å². The first-order chi connectivity index (χ1) is 7.58. The number of hydrogen-bond acceptors (Lipinski definition) is 3. The van der Waals surface area contributed by atoms with Crippen LogP contribution in [0.25, 0.3) is 0 Å². The van der Waals surface area contributed by atoms with Gasteiger partial charge in [0.15, 0.2) is 5.76 Å². The second kappa shape index (κ2) is 3.93.